The van der Waals surface area contributed by atoms with Gasteiger partial charge in [0.15, 0.2) is 11.6 Å². The Morgan fingerprint density at radius 2 is 1.57 bits per heavy atom. The van der Waals surface area contributed by atoms with E-state index in [0.717, 1.165) is 68.1 Å². The minimum atomic E-state index is -0.936. The van der Waals surface area contributed by atoms with Gasteiger partial charge in [-0.25, -0.2) is 8.78 Å². The van der Waals surface area contributed by atoms with E-state index >= 15 is 0 Å². The third-order valence-corrected chi connectivity index (χ3v) is 7.39. The number of hydrogen-bond acceptors (Lipinski definition) is 1. The summed E-state index contributed by atoms with van der Waals surface area (Å²) in [6.07, 6.45) is 7.49. The lowest BCUT2D eigenvalue weighted by Crippen LogP contribution is -2.20. The van der Waals surface area contributed by atoms with Gasteiger partial charge in [0.2, 0.25) is 5.82 Å². The van der Waals surface area contributed by atoms with Crippen LogP contribution in [0.15, 0.2) is 54.6 Å². The maximum absolute atomic E-state index is 14.8. The van der Waals surface area contributed by atoms with Gasteiger partial charge < -0.3 is 4.74 Å². The van der Waals surface area contributed by atoms with Gasteiger partial charge in [0, 0.05) is 5.56 Å². The Balaban J connectivity index is 1.32. The van der Waals surface area contributed by atoms with Crippen LogP contribution in [0.4, 0.5) is 13.2 Å². The second kappa shape index (κ2) is 11.8. The summed E-state index contributed by atoms with van der Waals surface area (Å²) in [5.41, 5.74) is 3.91. The van der Waals surface area contributed by atoms with E-state index in [4.69, 9.17) is 4.74 Å². The summed E-state index contributed by atoms with van der Waals surface area (Å²) in [4.78, 5) is 0. The molecule has 1 fully saturated rings. The topological polar surface area (TPSA) is 9.23 Å². The highest BCUT2D eigenvalue weighted by Gasteiger charge is 2.24. The zero-order chi connectivity index (χ0) is 24.8. The van der Waals surface area contributed by atoms with Gasteiger partial charge in [-0.05, 0) is 97.2 Å². The highest BCUT2D eigenvalue weighted by molar-refractivity contribution is 5.65. The average molecular weight is 481 g/mol. The van der Waals surface area contributed by atoms with Crippen LogP contribution in [0.25, 0.3) is 11.1 Å². The van der Waals surface area contributed by atoms with Crippen LogP contribution in [-0.2, 0) is 12.8 Å². The highest BCUT2D eigenvalue weighted by atomic mass is 19.2. The van der Waals surface area contributed by atoms with Crippen LogP contribution >= 0.6 is 0 Å². The molecule has 1 saturated carbocycles. The first-order valence-corrected chi connectivity index (χ1v) is 13.0. The van der Waals surface area contributed by atoms with Gasteiger partial charge in [-0.15, -0.1) is 0 Å². The summed E-state index contributed by atoms with van der Waals surface area (Å²) >= 11 is 0. The second-order valence-electron chi connectivity index (χ2n) is 9.77. The van der Waals surface area contributed by atoms with Crippen LogP contribution in [0.3, 0.4) is 0 Å². The summed E-state index contributed by atoms with van der Waals surface area (Å²) < 4.78 is 49.7. The molecule has 4 rings (SSSR count). The standard InChI is InChI=1S/C31H35F3O/c1-3-5-6-25-15-16-26(19-28(25)32)23-11-9-22(10-12-23)20-35-29-18-17-27(30(33)31(29)34)24-13-7-21(4-2)8-14-24/h7-8,13-19,22-23H,3-6,9-12,20H2,1-2H3. The molecule has 0 bridgehead atoms. The van der Waals surface area contributed by atoms with E-state index in [0.29, 0.717) is 18.1 Å². The minimum Gasteiger partial charge on any atom is -0.490 e. The summed E-state index contributed by atoms with van der Waals surface area (Å²) in [5, 5.41) is 0. The molecule has 0 spiro atoms. The smallest absolute Gasteiger partial charge is 0.201 e. The van der Waals surface area contributed by atoms with E-state index in [1.54, 1.807) is 12.1 Å². The summed E-state index contributed by atoms with van der Waals surface area (Å²) in [5.74, 6) is -1.32. The Kier molecular flexibility index (Phi) is 8.54. The molecule has 0 saturated heterocycles. The van der Waals surface area contributed by atoms with Crippen LogP contribution in [0.2, 0.25) is 0 Å². The van der Waals surface area contributed by atoms with Crippen LogP contribution < -0.4 is 4.74 Å². The van der Waals surface area contributed by atoms with Gasteiger partial charge in [-0.2, -0.15) is 4.39 Å². The van der Waals surface area contributed by atoms with Crippen LogP contribution in [-0.4, -0.2) is 6.61 Å². The van der Waals surface area contributed by atoms with Gasteiger partial charge in [0.1, 0.15) is 5.82 Å². The van der Waals surface area contributed by atoms with Gasteiger partial charge in [-0.3, -0.25) is 0 Å². The molecule has 3 aromatic carbocycles. The van der Waals surface area contributed by atoms with Crippen molar-refractivity contribution in [2.24, 2.45) is 5.92 Å². The highest BCUT2D eigenvalue weighted by Crippen LogP contribution is 2.37. The zero-order valence-corrected chi connectivity index (χ0v) is 20.8. The number of benzene rings is 3. The summed E-state index contributed by atoms with van der Waals surface area (Å²) in [7, 11) is 0. The fourth-order valence-electron chi connectivity index (χ4n) is 5.04. The van der Waals surface area contributed by atoms with E-state index in [1.807, 2.05) is 30.3 Å². The maximum Gasteiger partial charge on any atom is 0.201 e. The predicted octanol–water partition coefficient (Wildman–Crippen LogP) is 9.03. The Morgan fingerprint density at radius 1 is 0.829 bits per heavy atom. The Morgan fingerprint density at radius 3 is 2.23 bits per heavy atom. The molecule has 1 nitrogen and oxygen atoms in total. The number of ether oxygens (including phenoxy) is 1. The molecular weight excluding hydrogens is 445 g/mol. The molecule has 0 radical (unpaired) electrons. The van der Waals surface area contributed by atoms with Crippen molar-refractivity contribution in [3.63, 3.8) is 0 Å². The average Bonchev–Trinajstić information content (AvgIpc) is 2.89. The molecule has 1 aliphatic rings. The first kappa shape index (κ1) is 25.3. The summed E-state index contributed by atoms with van der Waals surface area (Å²) in [6, 6.07) is 16.3. The fourth-order valence-corrected chi connectivity index (χ4v) is 5.04. The summed E-state index contributed by atoms with van der Waals surface area (Å²) in [6.45, 7) is 4.53. The second-order valence-corrected chi connectivity index (χ2v) is 9.77. The molecule has 35 heavy (non-hydrogen) atoms. The normalized spacial score (nSPS) is 18.0. The van der Waals surface area contributed by atoms with E-state index in [-0.39, 0.29) is 23.0 Å². The molecule has 4 heteroatoms. The van der Waals surface area contributed by atoms with Crippen molar-refractivity contribution in [1.82, 2.24) is 0 Å². The Bertz CT molecular complexity index is 1110. The predicted molar refractivity (Wildman–Crippen MR) is 136 cm³/mol. The molecule has 0 aliphatic heterocycles. The molecule has 0 N–H and O–H groups in total. The van der Waals surface area contributed by atoms with Crippen molar-refractivity contribution in [2.45, 2.75) is 71.1 Å². The van der Waals surface area contributed by atoms with Crippen molar-refractivity contribution < 1.29 is 17.9 Å². The van der Waals surface area contributed by atoms with E-state index in [2.05, 4.69) is 19.9 Å². The molecule has 1 aliphatic carbocycles. The van der Waals surface area contributed by atoms with Crippen LogP contribution in [0.5, 0.6) is 5.75 Å². The molecule has 186 valence electrons. The van der Waals surface area contributed by atoms with Crippen molar-refractivity contribution >= 4 is 0 Å². The molecule has 0 unspecified atom stereocenters. The first-order chi connectivity index (χ1) is 17.0. The third kappa shape index (κ3) is 6.09. The number of halogens is 3. The van der Waals surface area contributed by atoms with E-state index in [9.17, 15) is 13.2 Å². The van der Waals surface area contributed by atoms with Crippen LogP contribution in [0.1, 0.15) is 75.0 Å². The number of aryl methyl sites for hydroxylation is 2. The molecule has 0 aromatic heterocycles. The third-order valence-electron chi connectivity index (χ3n) is 7.39. The van der Waals surface area contributed by atoms with E-state index < -0.39 is 11.6 Å². The van der Waals surface area contributed by atoms with Crippen molar-refractivity contribution in [2.75, 3.05) is 6.61 Å². The van der Waals surface area contributed by atoms with Crippen LogP contribution in [0, 0.1) is 23.4 Å². The molecule has 0 heterocycles. The van der Waals surface area contributed by atoms with E-state index in [1.165, 1.54) is 6.07 Å². The zero-order valence-electron chi connectivity index (χ0n) is 20.8. The number of rotatable bonds is 9. The van der Waals surface area contributed by atoms with Gasteiger partial charge in [-0.1, -0.05) is 56.7 Å². The molecular formula is C31H35F3O. The lowest BCUT2D eigenvalue weighted by Gasteiger charge is -2.29. The SMILES string of the molecule is CCCCc1ccc(C2CCC(COc3ccc(-c4ccc(CC)cc4)c(F)c3F)CC2)cc1F. The Hall–Kier alpha value is -2.75. The van der Waals surface area contributed by atoms with Gasteiger partial charge in [0.25, 0.3) is 0 Å². The molecule has 3 aromatic rings. The quantitative estimate of drug-likeness (QED) is 0.297. The number of hydrogen-bond donors (Lipinski definition) is 0. The van der Waals surface area contributed by atoms with Gasteiger partial charge >= 0.3 is 0 Å². The molecule has 0 atom stereocenters. The number of unbranched alkanes of at least 4 members (excludes halogenated alkanes) is 1. The van der Waals surface area contributed by atoms with Crippen molar-refractivity contribution in [3.8, 4) is 16.9 Å². The lowest BCUT2D eigenvalue weighted by atomic mass is 9.79. The van der Waals surface area contributed by atoms with Crippen molar-refractivity contribution in [3.05, 3.63) is 88.7 Å². The van der Waals surface area contributed by atoms with Crippen molar-refractivity contribution in [1.29, 1.82) is 0 Å². The maximum atomic E-state index is 14.8. The lowest BCUT2D eigenvalue weighted by molar-refractivity contribution is 0.192. The fraction of sp³-hybridized carbons (Fsp3) is 0.419. The Labute approximate surface area is 207 Å². The largest absolute Gasteiger partial charge is 0.490 e. The first-order valence-electron chi connectivity index (χ1n) is 13.0. The minimum absolute atomic E-state index is 0.0386. The van der Waals surface area contributed by atoms with Gasteiger partial charge in [0.05, 0.1) is 6.61 Å². The molecule has 0 amide bonds. The monoisotopic (exact) mass is 480 g/mol.